The van der Waals surface area contributed by atoms with Gasteiger partial charge in [0.1, 0.15) is 0 Å². The highest BCUT2D eigenvalue weighted by Gasteiger charge is 2.30. The fourth-order valence-electron chi connectivity index (χ4n) is 4.29. The summed E-state index contributed by atoms with van der Waals surface area (Å²) in [6.45, 7) is 5.27. The van der Waals surface area contributed by atoms with Gasteiger partial charge >= 0.3 is 0 Å². The molecule has 0 aliphatic heterocycles. The van der Waals surface area contributed by atoms with Crippen molar-refractivity contribution in [3.63, 3.8) is 0 Å². The number of rotatable bonds is 5. The molecule has 1 aliphatic rings. The highest BCUT2D eigenvalue weighted by Crippen LogP contribution is 2.25. The van der Waals surface area contributed by atoms with E-state index >= 15 is 0 Å². The zero-order valence-corrected chi connectivity index (χ0v) is 19.0. The molecule has 0 bridgehead atoms. The van der Waals surface area contributed by atoms with Crippen LogP contribution in [0.3, 0.4) is 0 Å². The lowest BCUT2D eigenvalue weighted by atomic mass is 9.93. The Labute approximate surface area is 186 Å². The smallest absolute Gasteiger partial charge is 0.294 e. The van der Waals surface area contributed by atoms with Crippen molar-refractivity contribution >= 4 is 34.9 Å². The number of nitrogens with one attached hydrogen (secondary N) is 2. The summed E-state index contributed by atoms with van der Waals surface area (Å²) in [7, 11) is 1.66. The summed E-state index contributed by atoms with van der Waals surface area (Å²) in [5, 5.41) is 15.9. The predicted octanol–water partition coefficient (Wildman–Crippen LogP) is 3.46. The molecule has 31 heavy (non-hydrogen) atoms. The molecule has 1 aromatic heterocycles. The summed E-state index contributed by atoms with van der Waals surface area (Å²) in [6, 6.07) is 5.01. The average molecular weight is 446 g/mol. The van der Waals surface area contributed by atoms with Gasteiger partial charge in [0.25, 0.3) is 17.6 Å². The van der Waals surface area contributed by atoms with Gasteiger partial charge < -0.3 is 20.3 Å². The fourth-order valence-corrected chi connectivity index (χ4v) is 4.58. The number of halogens is 1. The van der Waals surface area contributed by atoms with Crippen LogP contribution < -0.4 is 10.6 Å². The molecule has 1 aliphatic carbocycles. The monoisotopic (exact) mass is 445 g/mol. The molecule has 1 fully saturated rings. The summed E-state index contributed by atoms with van der Waals surface area (Å²) in [5.41, 5.74) is 3.02. The zero-order valence-electron chi connectivity index (χ0n) is 18.2. The van der Waals surface area contributed by atoms with Crippen LogP contribution >= 0.6 is 11.6 Å². The second kappa shape index (κ2) is 9.24. The minimum atomic E-state index is -0.722. The molecule has 1 heterocycles. The molecule has 1 saturated carbocycles. The van der Waals surface area contributed by atoms with Crippen molar-refractivity contribution in [3.05, 3.63) is 51.3 Å². The summed E-state index contributed by atoms with van der Waals surface area (Å²) >= 11 is 6.08. The summed E-state index contributed by atoms with van der Waals surface area (Å²) in [5.74, 6) is -1.79. The Morgan fingerprint density at radius 2 is 1.84 bits per heavy atom. The molecule has 2 aromatic rings. The van der Waals surface area contributed by atoms with Crippen LogP contribution in [-0.4, -0.2) is 39.4 Å². The van der Waals surface area contributed by atoms with E-state index in [1.54, 1.807) is 43.7 Å². The summed E-state index contributed by atoms with van der Waals surface area (Å²) < 4.78 is 1.57. The van der Waals surface area contributed by atoms with Crippen LogP contribution in [0.5, 0.6) is 0 Å². The van der Waals surface area contributed by atoms with Gasteiger partial charge in [-0.15, -0.1) is 0 Å². The van der Waals surface area contributed by atoms with Crippen molar-refractivity contribution in [2.45, 2.75) is 58.6 Å². The number of carbonyl (C=O) groups is 3. The number of amides is 2. The molecule has 3 rings (SSSR count). The minimum Gasteiger partial charge on any atom is -0.393 e. The molecule has 0 spiro atoms. The van der Waals surface area contributed by atoms with Gasteiger partial charge in [-0.25, -0.2) is 0 Å². The molecule has 7 nitrogen and oxygen atoms in total. The predicted molar refractivity (Wildman–Crippen MR) is 120 cm³/mol. The molecule has 0 unspecified atom stereocenters. The fraction of sp³-hybridized carbons (Fsp3) is 0.435. The van der Waals surface area contributed by atoms with E-state index in [1.165, 1.54) is 0 Å². The molecule has 0 saturated heterocycles. The maximum atomic E-state index is 13.0. The standard InChI is InChI=1S/C23H28ClN3O4/c1-12-8-15(24)10-17(9-12)26-22(30)19-13(2)20(27(4)14(19)3)21(29)23(31)25-16-6-5-7-18(28)11-16/h8-10,16,18,28H,5-7,11H2,1-4H3,(H,25,31)(H,26,30)/t16-,18-/m1/s1. The Bertz CT molecular complexity index is 1020. The Morgan fingerprint density at radius 1 is 1.13 bits per heavy atom. The van der Waals surface area contributed by atoms with E-state index in [1.807, 2.05) is 6.92 Å². The van der Waals surface area contributed by atoms with E-state index in [0.29, 0.717) is 40.4 Å². The van der Waals surface area contributed by atoms with Crippen molar-refractivity contribution in [1.29, 1.82) is 0 Å². The summed E-state index contributed by atoms with van der Waals surface area (Å²) in [6.07, 6.45) is 2.22. The van der Waals surface area contributed by atoms with Crippen molar-refractivity contribution in [2.24, 2.45) is 7.05 Å². The first-order valence-electron chi connectivity index (χ1n) is 10.4. The van der Waals surface area contributed by atoms with Gasteiger partial charge in [0.05, 0.1) is 17.4 Å². The third kappa shape index (κ3) is 4.99. The van der Waals surface area contributed by atoms with E-state index in [0.717, 1.165) is 18.4 Å². The molecule has 2 amide bonds. The zero-order chi connectivity index (χ0) is 22.9. The number of aliphatic hydroxyl groups excluding tert-OH is 1. The van der Waals surface area contributed by atoms with E-state index in [9.17, 15) is 19.5 Å². The first kappa shape index (κ1) is 23.0. The number of hydrogen-bond acceptors (Lipinski definition) is 4. The van der Waals surface area contributed by atoms with Gasteiger partial charge in [-0.05, 0) is 75.8 Å². The molecule has 166 valence electrons. The van der Waals surface area contributed by atoms with Crippen LogP contribution in [0.15, 0.2) is 18.2 Å². The van der Waals surface area contributed by atoms with E-state index < -0.39 is 17.8 Å². The maximum absolute atomic E-state index is 13.0. The summed E-state index contributed by atoms with van der Waals surface area (Å²) in [4.78, 5) is 38.5. The SMILES string of the molecule is Cc1cc(Cl)cc(NC(=O)c2c(C)c(C(=O)C(=O)N[C@@H]3CCC[C@@H](O)C3)n(C)c2C)c1. The van der Waals surface area contributed by atoms with Crippen molar-refractivity contribution in [2.75, 3.05) is 5.32 Å². The first-order valence-corrected chi connectivity index (χ1v) is 10.7. The van der Waals surface area contributed by atoms with Gasteiger partial charge in [-0.2, -0.15) is 0 Å². The largest absolute Gasteiger partial charge is 0.393 e. The Kier molecular flexibility index (Phi) is 6.86. The number of carbonyl (C=O) groups excluding carboxylic acids is 3. The first-order chi connectivity index (χ1) is 14.6. The van der Waals surface area contributed by atoms with Crippen molar-refractivity contribution < 1.29 is 19.5 Å². The van der Waals surface area contributed by atoms with Gasteiger partial charge in [0, 0.05) is 29.5 Å². The van der Waals surface area contributed by atoms with E-state index in [-0.39, 0.29) is 17.6 Å². The van der Waals surface area contributed by atoms with Crippen LogP contribution in [0.4, 0.5) is 5.69 Å². The number of benzene rings is 1. The van der Waals surface area contributed by atoms with Crippen LogP contribution in [0.1, 0.15) is 63.4 Å². The van der Waals surface area contributed by atoms with Crippen molar-refractivity contribution in [3.8, 4) is 0 Å². The number of anilines is 1. The van der Waals surface area contributed by atoms with Gasteiger partial charge in [0.2, 0.25) is 0 Å². The number of aromatic nitrogens is 1. The Hall–Kier alpha value is -2.64. The van der Waals surface area contributed by atoms with Crippen LogP contribution in [0, 0.1) is 20.8 Å². The third-order valence-corrected chi connectivity index (χ3v) is 6.08. The second-order valence-corrected chi connectivity index (χ2v) is 8.72. The maximum Gasteiger partial charge on any atom is 0.294 e. The number of nitrogens with zero attached hydrogens (tertiary/aromatic N) is 1. The quantitative estimate of drug-likeness (QED) is 0.484. The van der Waals surface area contributed by atoms with Crippen LogP contribution in [0.2, 0.25) is 5.02 Å². The number of ketones is 1. The van der Waals surface area contributed by atoms with E-state index in [4.69, 9.17) is 11.6 Å². The Balaban J connectivity index is 1.82. The minimum absolute atomic E-state index is 0.179. The van der Waals surface area contributed by atoms with Crippen molar-refractivity contribution in [1.82, 2.24) is 9.88 Å². The molecule has 3 N–H and O–H groups in total. The second-order valence-electron chi connectivity index (χ2n) is 8.28. The lowest BCUT2D eigenvalue weighted by Crippen LogP contribution is -2.43. The highest BCUT2D eigenvalue weighted by molar-refractivity contribution is 6.43. The molecular formula is C23H28ClN3O4. The lowest BCUT2D eigenvalue weighted by Gasteiger charge is -2.26. The lowest BCUT2D eigenvalue weighted by molar-refractivity contribution is -0.118. The van der Waals surface area contributed by atoms with Crippen LogP contribution in [-0.2, 0) is 11.8 Å². The topological polar surface area (TPSA) is 100 Å². The number of aryl methyl sites for hydroxylation is 1. The Morgan fingerprint density at radius 3 is 2.48 bits per heavy atom. The van der Waals surface area contributed by atoms with Gasteiger partial charge in [0.15, 0.2) is 0 Å². The number of hydrogen-bond donors (Lipinski definition) is 3. The third-order valence-electron chi connectivity index (χ3n) is 5.86. The van der Waals surface area contributed by atoms with Gasteiger partial charge in [-0.1, -0.05) is 11.6 Å². The van der Waals surface area contributed by atoms with E-state index in [2.05, 4.69) is 10.6 Å². The molecule has 0 radical (unpaired) electrons. The normalized spacial score (nSPS) is 18.5. The average Bonchev–Trinajstić information content (AvgIpc) is 2.89. The molecule has 8 heteroatoms. The van der Waals surface area contributed by atoms with Crippen LogP contribution in [0.25, 0.3) is 0 Å². The highest BCUT2D eigenvalue weighted by atomic mass is 35.5. The molecule has 2 atom stereocenters. The molecular weight excluding hydrogens is 418 g/mol. The number of aliphatic hydroxyl groups is 1. The number of Topliss-reactive ketones (excluding diaryl/α,β-unsaturated/α-hetero) is 1. The van der Waals surface area contributed by atoms with Gasteiger partial charge in [-0.3, -0.25) is 14.4 Å². The molecule has 1 aromatic carbocycles.